The standard InChI is InChI=1S/C30H20OP.C19H13N2.Ir/c31-32(28-16-13-22-7-1-4-10-25(22)19-28,29-17-14-23-8-2-5-11-26(23)20-29)30-18-15-24-9-3-6-12-27(24)21-30;1-3-9-15(10-4-1)19-20-17-13-7-8-14-18(17)21(19)16-11-5-2-6-12-16;/h1-17,19-21H;1-9,11-14H;/q2*-1;. The molecule has 1 heterocycles. The number of benzene rings is 9. The van der Waals surface area contributed by atoms with E-state index in [-0.39, 0.29) is 20.1 Å². The molecule has 3 nitrogen and oxygen atoms in total. The molecule has 0 unspecified atom stereocenters. The summed E-state index contributed by atoms with van der Waals surface area (Å²) in [6.07, 6.45) is 0. The number of hydrogen-bond donors (Lipinski definition) is 0. The average Bonchev–Trinajstić information content (AvgIpc) is 3.63. The number of imidazole rings is 1. The third-order valence-electron chi connectivity index (χ3n) is 9.72. The molecule has 0 spiro atoms. The molecule has 0 aliphatic rings. The summed E-state index contributed by atoms with van der Waals surface area (Å²) < 4.78 is 17.3. The first-order chi connectivity index (χ1) is 26.1. The molecule has 261 valence electrons. The molecule has 1 radical (unpaired) electrons. The van der Waals surface area contributed by atoms with Crippen LogP contribution in [-0.4, -0.2) is 9.55 Å². The third-order valence-corrected chi connectivity index (χ3v) is 12.7. The van der Waals surface area contributed by atoms with E-state index in [1.807, 2.05) is 121 Å². The molecule has 0 amide bonds. The molecule has 0 saturated carbocycles. The monoisotopic (exact) mass is 889 g/mol. The van der Waals surface area contributed by atoms with Crippen LogP contribution in [0.4, 0.5) is 0 Å². The Kier molecular flexibility index (Phi) is 9.91. The summed E-state index contributed by atoms with van der Waals surface area (Å²) in [5.41, 5.74) is 4.21. The van der Waals surface area contributed by atoms with Gasteiger partial charge in [-0.3, -0.25) is 4.98 Å². The zero-order valence-electron chi connectivity index (χ0n) is 29.1. The number of para-hydroxylation sites is 3. The quantitative estimate of drug-likeness (QED) is 0.127. The fourth-order valence-corrected chi connectivity index (χ4v) is 9.68. The van der Waals surface area contributed by atoms with Crippen LogP contribution in [-0.2, 0) is 24.7 Å². The summed E-state index contributed by atoms with van der Waals surface area (Å²) in [7, 11) is -3.15. The number of fused-ring (bicyclic) bond motifs is 4. The molecule has 0 aliphatic heterocycles. The summed E-state index contributed by atoms with van der Waals surface area (Å²) in [5, 5.41) is 9.03. The van der Waals surface area contributed by atoms with E-state index in [2.05, 4.69) is 95.6 Å². The van der Waals surface area contributed by atoms with Gasteiger partial charge < -0.3 is 9.13 Å². The first-order valence-corrected chi connectivity index (χ1v) is 19.4. The van der Waals surface area contributed by atoms with Crippen LogP contribution in [0, 0.1) is 12.1 Å². The zero-order valence-corrected chi connectivity index (χ0v) is 32.4. The molecule has 54 heavy (non-hydrogen) atoms. The summed E-state index contributed by atoms with van der Waals surface area (Å²) in [6, 6.07) is 74.0. The van der Waals surface area contributed by atoms with Crippen LogP contribution in [0.3, 0.4) is 0 Å². The van der Waals surface area contributed by atoms with E-state index in [1.54, 1.807) is 0 Å². The topological polar surface area (TPSA) is 34.9 Å². The van der Waals surface area contributed by atoms with Crippen molar-refractivity contribution in [2.24, 2.45) is 0 Å². The molecule has 0 bridgehead atoms. The summed E-state index contributed by atoms with van der Waals surface area (Å²) in [4.78, 5) is 4.79. The fraction of sp³-hybridized carbons (Fsp3) is 0. The molecule has 0 fully saturated rings. The van der Waals surface area contributed by atoms with Gasteiger partial charge in [0.2, 0.25) is 0 Å². The largest absolute Gasteiger partial charge is 0.333 e. The molecule has 0 aliphatic carbocycles. The average molecular weight is 889 g/mol. The van der Waals surface area contributed by atoms with E-state index >= 15 is 4.57 Å². The second kappa shape index (κ2) is 15.2. The van der Waals surface area contributed by atoms with Crippen LogP contribution in [0.15, 0.2) is 200 Å². The summed E-state index contributed by atoms with van der Waals surface area (Å²) in [5.74, 6) is 0.919. The smallest absolute Gasteiger partial charge is 0.147 e. The number of nitrogens with zero attached hydrogens (tertiary/aromatic N) is 2. The third kappa shape index (κ3) is 6.61. The summed E-state index contributed by atoms with van der Waals surface area (Å²) in [6.45, 7) is 0. The minimum Gasteiger partial charge on any atom is -0.333 e. The van der Waals surface area contributed by atoms with Crippen LogP contribution < -0.4 is 15.9 Å². The van der Waals surface area contributed by atoms with Gasteiger partial charge in [-0.1, -0.05) is 127 Å². The molecule has 5 heteroatoms. The van der Waals surface area contributed by atoms with E-state index in [0.717, 1.165) is 76.3 Å². The van der Waals surface area contributed by atoms with Gasteiger partial charge in [0.1, 0.15) is 7.14 Å². The molecule has 0 atom stereocenters. The Balaban J connectivity index is 0.000000163. The van der Waals surface area contributed by atoms with E-state index in [4.69, 9.17) is 4.98 Å². The summed E-state index contributed by atoms with van der Waals surface area (Å²) >= 11 is 0. The van der Waals surface area contributed by atoms with E-state index in [1.165, 1.54) is 0 Å². The Morgan fingerprint density at radius 3 is 1.65 bits per heavy atom. The molecule has 1 aromatic heterocycles. The second-order valence-electron chi connectivity index (χ2n) is 13.0. The maximum atomic E-state index is 15.1. The van der Waals surface area contributed by atoms with Gasteiger partial charge in [-0.25, -0.2) is 0 Å². The van der Waals surface area contributed by atoms with Crippen molar-refractivity contribution in [3.05, 3.63) is 212 Å². The van der Waals surface area contributed by atoms with E-state index < -0.39 is 7.14 Å². The first kappa shape index (κ1) is 35.2. The van der Waals surface area contributed by atoms with Crippen molar-refractivity contribution in [3.8, 4) is 17.1 Å². The van der Waals surface area contributed by atoms with Gasteiger partial charge in [0.15, 0.2) is 0 Å². The Labute approximate surface area is 328 Å². The van der Waals surface area contributed by atoms with Gasteiger partial charge in [0.05, 0.1) is 16.9 Å². The van der Waals surface area contributed by atoms with Crippen molar-refractivity contribution >= 4 is 66.4 Å². The maximum absolute atomic E-state index is 15.1. The van der Waals surface area contributed by atoms with Gasteiger partial charge in [-0.05, 0) is 57.9 Å². The number of rotatable bonds is 5. The van der Waals surface area contributed by atoms with Crippen LogP contribution in [0.25, 0.3) is 60.4 Å². The SMILES string of the molecule is O=P(c1[c-]cc2ccccc2c1)(c1ccc2ccccc2c1)c1ccc2ccccc2c1.[Ir].[c-]1ccccc1-c1nc2ccccc2n1-c1ccccc1. The van der Waals surface area contributed by atoms with Crippen molar-refractivity contribution in [1.29, 1.82) is 0 Å². The molecule has 0 N–H and O–H groups in total. The van der Waals surface area contributed by atoms with E-state index in [9.17, 15) is 0 Å². The first-order valence-electron chi connectivity index (χ1n) is 17.6. The Hall–Kier alpha value is -5.89. The van der Waals surface area contributed by atoms with Gasteiger partial charge in [-0.15, -0.1) is 52.7 Å². The van der Waals surface area contributed by atoms with Crippen molar-refractivity contribution in [1.82, 2.24) is 9.55 Å². The van der Waals surface area contributed by atoms with Crippen molar-refractivity contribution in [2.45, 2.75) is 0 Å². The maximum Gasteiger partial charge on any atom is 0.147 e. The molecule has 10 aromatic rings. The van der Waals surface area contributed by atoms with Crippen LogP contribution in [0.2, 0.25) is 0 Å². The molecular weight excluding hydrogens is 856 g/mol. The molecule has 9 aromatic carbocycles. The van der Waals surface area contributed by atoms with Crippen molar-refractivity contribution in [3.63, 3.8) is 0 Å². The van der Waals surface area contributed by atoms with Gasteiger partial charge in [0, 0.05) is 36.4 Å². The molecular formula is C49H33IrN2OP-2. The van der Waals surface area contributed by atoms with E-state index in [0.29, 0.717) is 0 Å². The van der Waals surface area contributed by atoms with Gasteiger partial charge in [0.25, 0.3) is 0 Å². The number of hydrogen-bond acceptors (Lipinski definition) is 2. The second-order valence-corrected chi connectivity index (χ2v) is 15.7. The van der Waals surface area contributed by atoms with Crippen LogP contribution in [0.5, 0.6) is 0 Å². The van der Waals surface area contributed by atoms with Gasteiger partial charge in [-0.2, -0.15) is 18.2 Å². The molecule has 0 saturated heterocycles. The Morgan fingerprint density at radius 1 is 0.481 bits per heavy atom. The number of aromatic nitrogens is 2. The molecule has 10 rings (SSSR count). The normalized spacial score (nSPS) is 11.3. The Bertz CT molecular complexity index is 2740. The Morgan fingerprint density at radius 2 is 1.02 bits per heavy atom. The van der Waals surface area contributed by atoms with Crippen molar-refractivity contribution in [2.75, 3.05) is 0 Å². The van der Waals surface area contributed by atoms with Crippen LogP contribution in [0.1, 0.15) is 0 Å². The minimum atomic E-state index is -3.15. The predicted octanol–water partition coefficient (Wildman–Crippen LogP) is 11.1. The zero-order chi connectivity index (χ0) is 35.6. The van der Waals surface area contributed by atoms with Crippen LogP contribution >= 0.6 is 7.14 Å². The fourth-order valence-electron chi connectivity index (χ4n) is 7.05. The minimum absolute atomic E-state index is 0. The van der Waals surface area contributed by atoms with Crippen molar-refractivity contribution < 1.29 is 24.7 Å². The predicted molar refractivity (Wildman–Crippen MR) is 223 cm³/mol. The van der Waals surface area contributed by atoms with Gasteiger partial charge >= 0.3 is 0 Å².